The second-order valence-corrected chi connectivity index (χ2v) is 7.84. The van der Waals surface area contributed by atoms with Crippen LogP contribution in [0.1, 0.15) is 12.5 Å². The van der Waals surface area contributed by atoms with Crippen molar-refractivity contribution in [2.24, 2.45) is 5.92 Å². The highest BCUT2D eigenvalue weighted by atomic mass is 35.5. The monoisotopic (exact) mass is 424 g/mol. The predicted octanol–water partition coefficient (Wildman–Crippen LogP) is 4.19. The number of carbonyl (C=O) groups excluding carboxylic acids is 1. The van der Waals surface area contributed by atoms with E-state index in [9.17, 15) is 9.59 Å². The highest BCUT2D eigenvalue weighted by Crippen LogP contribution is 2.25. The van der Waals surface area contributed by atoms with E-state index >= 15 is 0 Å². The van der Waals surface area contributed by atoms with Crippen LogP contribution in [-0.4, -0.2) is 26.8 Å². The first-order chi connectivity index (χ1) is 13.8. The smallest absolute Gasteiger partial charge is 0.266 e. The summed E-state index contributed by atoms with van der Waals surface area (Å²) in [5, 5.41) is 18.0. The molecule has 1 aromatic heterocycles. The van der Waals surface area contributed by atoms with Gasteiger partial charge in [-0.1, -0.05) is 41.6 Å². The largest absolute Gasteiger partial charge is 0.308 e. The van der Waals surface area contributed by atoms with E-state index in [-0.39, 0.29) is 17.0 Å². The van der Waals surface area contributed by atoms with Gasteiger partial charge in [0.1, 0.15) is 5.92 Å². The summed E-state index contributed by atoms with van der Waals surface area (Å²) in [6, 6.07) is 14.1. The van der Waals surface area contributed by atoms with E-state index in [0.29, 0.717) is 26.8 Å². The maximum atomic E-state index is 13.2. The number of fused-ring (bicyclic) bond motifs is 1. The topological polar surface area (TPSA) is 99.6 Å². The Morgan fingerprint density at radius 2 is 2.07 bits per heavy atom. The number of carbonyl (C=O) groups is 1. The molecule has 0 spiro atoms. The lowest BCUT2D eigenvalue weighted by molar-refractivity contribution is -0.117. The number of nitrogens with one attached hydrogen (secondary N) is 1. The molecule has 2 aromatic carbocycles. The van der Waals surface area contributed by atoms with Crippen molar-refractivity contribution >= 4 is 45.8 Å². The third kappa shape index (κ3) is 4.24. The Kier molecular flexibility index (Phi) is 6.16. The molecule has 3 rings (SSSR count). The number of nitrogens with zero attached hydrogens (tertiary/aromatic N) is 3. The lowest BCUT2D eigenvalue weighted by Gasteiger charge is -2.14. The van der Waals surface area contributed by atoms with Crippen molar-refractivity contribution < 1.29 is 4.79 Å². The van der Waals surface area contributed by atoms with Crippen molar-refractivity contribution in [3.63, 3.8) is 0 Å². The van der Waals surface area contributed by atoms with Crippen molar-refractivity contribution in [3.8, 4) is 11.8 Å². The highest BCUT2D eigenvalue weighted by molar-refractivity contribution is 7.99. The second-order valence-electron chi connectivity index (χ2n) is 6.49. The minimum atomic E-state index is -1.10. The van der Waals surface area contributed by atoms with E-state index in [1.165, 1.54) is 11.5 Å². The number of ketones is 1. The van der Waals surface area contributed by atoms with Crippen molar-refractivity contribution in [1.29, 1.82) is 10.7 Å². The van der Waals surface area contributed by atoms with Crippen LogP contribution in [0.25, 0.3) is 16.6 Å². The fourth-order valence-electron chi connectivity index (χ4n) is 2.79. The Bertz CT molecular complexity index is 1230. The number of aryl methyl sites for hydroxylation is 1. The lowest BCUT2D eigenvalue weighted by Crippen LogP contribution is -2.24. The molecule has 3 aromatic rings. The van der Waals surface area contributed by atoms with E-state index in [4.69, 9.17) is 22.3 Å². The molecule has 8 heteroatoms. The molecule has 6 nitrogen and oxygen atoms in total. The zero-order valence-electron chi connectivity index (χ0n) is 15.8. The van der Waals surface area contributed by atoms with E-state index in [2.05, 4.69) is 4.98 Å². The van der Waals surface area contributed by atoms with Gasteiger partial charge >= 0.3 is 0 Å². The maximum Gasteiger partial charge on any atom is 0.266 e. The first-order valence-corrected chi connectivity index (χ1v) is 10.1. The number of halogens is 1. The summed E-state index contributed by atoms with van der Waals surface area (Å²) in [5.41, 5.74) is 1.65. The first-order valence-electron chi connectivity index (χ1n) is 8.72. The van der Waals surface area contributed by atoms with Gasteiger partial charge in [0, 0.05) is 10.7 Å². The van der Waals surface area contributed by atoms with Gasteiger partial charge in [0.25, 0.3) is 5.56 Å². The van der Waals surface area contributed by atoms with Crippen LogP contribution >= 0.6 is 23.4 Å². The van der Waals surface area contributed by atoms with E-state index in [1.54, 1.807) is 36.4 Å². The molecular weight excluding hydrogens is 408 g/mol. The molecule has 0 radical (unpaired) electrons. The molecular formula is C21H17ClN4O2S. The summed E-state index contributed by atoms with van der Waals surface area (Å²) in [6.45, 7) is 3.29. The average molecular weight is 425 g/mol. The van der Waals surface area contributed by atoms with E-state index < -0.39 is 11.7 Å². The van der Waals surface area contributed by atoms with Gasteiger partial charge in [-0.3, -0.25) is 14.2 Å². The van der Waals surface area contributed by atoms with Gasteiger partial charge in [0.15, 0.2) is 10.9 Å². The predicted molar refractivity (Wildman–Crippen MR) is 115 cm³/mol. The Morgan fingerprint density at radius 3 is 2.72 bits per heavy atom. The molecule has 1 unspecified atom stereocenters. The van der Waals surface area contributed by atoms with E-state index in [1.807, 2.05) is 19.1 Å². The van der Waals surface area contributed by atoms with Gasteiger partial charge in [0.05, 0.1) is 28.4 Å². The number of Topliss-reactive ketones (excluding diaryl/α,β-unsaturated/α-hetero) is 1. The molecule has 0 aliphatic rings. The Balaban J connectivity index is 2.11. The van der Waals surface area contributed by atoms with Gasteiger partial charge in [-0.25, -0.2) is 4.98 Å². The number of hydrogen-bond acceptors (Lipinski definition) is 6. The number of thioether (sulfide) groups is 1. The van der Waals surface area contributed by atoms with Crippen molar-refractivity contribution in [2.45, 2.75) is 19.0 Å². The molecule has 1 N–H and O–H groups in total. The van der Waals surface area contributed by atoms with Crippen LogP contribution in [0.4, 0.5) is 0 Å². The average Bonchev–Trinajstić information content (AvgIpc) is 2.69. The van der Waals surface area contributed by atoms with Crippen LogP contribution in [0.5, 0.6) is 0 Å². The number of nitriles is 1. The fourth-order valence-corrected chi connectivity index (χ4v) is 3.88. The minimum absolute atomic E-state index is 0.00715. The third-order valence-corrected chi connectivity index (χ3v) is 5.75. The molecule has 0 bridgehead atoms. The molecule has 146 valence electrons. The standard InChI is InChI=1S/C21H17ClN4O2S/c1-12-7-8-14(9-17(12)22)26-20(28)15-5-3-4-6-18(15)25-21(26)29-11-19(27)16(10-23)13(2)24/h3-9,16,24H,11H2,1-2H3. The molecule has 0 saturated heterocycles. The Labute approximate surface area is 176 Å². The molecule has 1 atom stereocenters. The highest BCUT2D eigenvalue weighted by Gasteiger charge is 2.22. The number of aromatic nitrogens is 2. The van der Waals surface area contributed by atoms with Crippen LogP contribution in [0, 0.1) is 29.6 Å². The minimum Gasteiger partial charge on any atom is -0.308 e. The van der Waals surface area contributed by atoms with Crippen molar-refractivity contribution in [1.82, 2.24) is 9.55 Å². The van der Waals surface area contributed by atoms with Gasteiger partial charge < -0.3 is 5.41 Å². The molecule has 0 amide bonds. The molecule has 0 aliphatic heterocycles. The zero-order chi connectivity index (χ0) is 21.1. The summed E-state index contributed by atoms with van der Waals surface area (Å²) in [5.74, 6) is -1.59. The van der Waals surface area contributed by atoms with Crippen LogP contribution in [0.15, 0.2) is 52.4 Å². The molecule has 1 heterocycles. The molecule has 29 heavy (non-hydrogen) atoms. The van der Waals surface area contributed by atoms with Crippen LogP contribution in [-0.2, 0) is 4.79 Å². The number of benzene rings is 2. The lowest BCUT2D eigenvalue weighted by atomic mass is 10.0. The molecule has 0 saturated carbocycles. The summed E-state index contributed by atoms with van der Waals surface area (Å²) < 4.78 is 1.42. The number of hydrogen-bond donors (Lipinski definition) is 1. The van der Waals surface area contributed by atoms with Gasteiger partial charge in [-0.2, -0.15) is 5.26 Å². The van der Waals surface area contributed by atoms with E-state index in [0.717, 1.165) is 17.3 Å². The fraction of sp³-hybridized carbons (Fsp3) is 0.190. The van der Waals surface area contributed by atoms with Gasteiger partial charge in [0.2, 0.25) is 0 Å². The SMILES string of the molecule is CC(=N)C(C#N)C(=O)CSc1nc2ccccc2c(=O)n1-c1ccc(C)c(Cl)c1. The zero-order valence-corrected chi connectivity index (χ0v) is 17.3. The Morgan fingerprint density at radius 1 is 1.34 bits per heavy atom. The summed E-state index contributed by atoms with van der Waals surface area (Å²) in [4.78, 5) is 30.1. The van der Waals surface area contributed by atoms with Gasteiger partial charge in [-0.15, -0.1) is 0 Å². The van der Waals surface area contributed by atoms with Crippen molar-refractivity contribution in [3.05, 3.63) is 63.4 Å². The quantitative estimate of drug-likeness (QED) is 0.363. The summed E-state index contributed by atoms with van der Waals surface area (Å²) in [7, 11) is 0. The number of rotatable bonds is 6. The Hall–Kier alpha value is -2.95. The molecule has 0 fully saturated rings. The first kappa shape index (κ1) is 20.8. The van der Waals surface area contributed by atoms with Crippen LogP contribution < -0.4 is 5.56 Å². The van der Waals surface area contributed by atoms with Crippen molar-refractivity contribution in [2.75, 3.05) is 5.75 Å². The van der Waals surface area contributed by atoms with Gasteiger partial charge in [-0.05, 0) is 43.7 Å². The maximum absolute atomic E-state index is 13.2. The van der Waals surface area contributed by atoms with Crippen LogP contribution in [0.2, 0.25) is 5.02 Å². The second kappa shape index (κ2) is 8.60. The van der Waals surface area contributed by atoms with Crippen LogP contribution in [0.3, 0.4) is 0 Å². The summed E-state index contributed by atoms with van der Waals surface area (Å²) >= 11 is 7.31. The number of para-hydroxylation sites is 1. The normalized spacial score (nSPS) is 11.8. The molecule has 0 aliphatic carbocycles. The summed E-state index contributed by atoms with van der Waals surface area (Å²) in [6.07, 6.45) is 0. The third-order valence-electron chi connectivity index (χ3n) is 4.39.